The van der Waals surface area contributed by atoms with Crippen molar-refractivity contribution in [1.29, 1.82) is 0 Å². The van der Waals surface area contributed by atoms with Crippen LogP contribution in [-0.2, 0) is 4.79 Å². The molecule has 0 radical (unpaired) electrons. The minimum Gasteiger partial charge on any atom is -0.323 e. The highest BCUT2D eigenvalue weighted by molar-refractivity contribution is 6.34. The molecule has 23 heavy (non-hydrogen) atoms. The van der Waals surface area contributed by atoms with Crippen molar-refractivity contribution < 1.29 is 4.79 Å². The normalized spacial score (nSPS) is 12.0. The second-order valence-electron chi connectivity index (χ2n) is 5.61. The van der Waals surface area contributed by atoms with Crippen LogP contribution in [0.2, 0.25) is 10.0 Å². The molecule has 1 amide bonds. The van der Waals surface area contributed by atoms with Crippen LogP contribution in [0.4, 0.5) is 5.69 Å². The molecular weight excluding hydrogens is 331 g/mol. The number of anilines is 1. The number of carbonyl (C=O) groups excluding carboxylic acids is 1. The van der Waals surface area contributed by atoms with Crippen LogP contribution in [0.25, 0.3) is 0 Å². The van der Waals surface area contributed by atoms with Crippen molar-refractivity contribution in [3.63, 3.8) is 0 Å². The van der Waals surface area contributed by atoms with E-state index in [0.717, 1.165) is 16.7 Å². The largest absolute Gasteiger partial charge is 0.323 e. The van der Waals surface area contributed by atoms with Gasteiger partial charge in [0.05, 0.1) is 17.3 Å². The van der Waals surface area contributed by atoms with Gasteiger partial charge in [-0.1, -0.05) is 47.5 Å². The van der Waals surface area contributed by atoms with Crippen molar-refractivity contribution in [1.82, 2.24) is 5.32 Å². The van der Waals surface area contributed by atoms with Crippen LogP contribution < -0.4 is 10.6 Å². The predicted molar refractivity (Wildman–Crippen MR) is 97.4 cm³/mol. The molecule has 0 aliphatic heterocycles. The topological polar surface area (TPSA) is 41.1 Å². The van der Waals surface area contributed by atoms with E-state index < -0.39 is 0 Å². The third kappa shape index (κ3) is 4.71. The van der Waals surface area contributed by atoms with Crippen molar-refractivity contribution in [2.45, 2.75) is 26.8 Å². The number of benzene rings is 2. The highest BCUT2D eigenvalue weighted by atomic mass is 35.5. The van der Waals surface area contributed by atoms with Gasteiger partial charge in [-0.05, 0) is 49.6 Å². The monoisotopic (exact) mass is 350 g/mol. The molecule has 2 aromatic rings. The Bertz CT molecular complexity index is 693. The lowest BCUT2D eigenvalue weighted by molar-refractivity contribution is -0.115. The van der Waals surface area contributed by atoms with Gasteiger partial charge in [-0.2, -0.15) is 0 Å². The molecule has 0 aliphatic carbocycles. The molecule has 2 N–H and O–H groups in total. The van der Waals surface area contributed by atoms with Crippen LogP contribution in [0.15, 0.2) is 36.4 Å². The first-order valence-electron chi connectivity index (χ1n) is 7.43. The third-order valence-corrected chi connectivity index (χ3v) is 4.28. The molecule has 0 aliphatic rings. The van der Waals surface area contributed by atoms with Crippen molar-refractivity contribution in [3.05, 3.63) is 63.1 Å². The van der Waals surface area contributed by atoms with Gasteiger partial charge in [0.1, 0.15) is 0 Å². The quantitative estimate of drug-likeness (QED) is 0.804. The van der Waals surface area contributed by atoms with Gasteiger partial charge in [0.15, 0.2) is 0 Å². The fraction of sp³-hybridized carbons (Fsp3) is 0.278. The SMILES string of the molecule is Cc1cc(C)c(NC(=O)CN[C@H](C)c2ccccc2Cl)c(Cl)c1. The lowest BCUT2D eigenvalue weighted by atomic mass is 10.1. The average molecular weight is 351 g/mol. The molecule has 3 nitrogen and oxygen atoms in total. The molecular formula is C18H20Cl2N2O. The second kappa shape index (κ2) is 7.82. The molecule has 2 aromatic carbocycles. The standard InChI is InChI=1S/C18H20Cl2N2O/c1-11-8-12(2)18(16(20)9-11)22-17(23)10-21-13(3)14-6-4-5-7-15(14)19/h4-9,13,21H,10H2,1-3H3,(H,22,23)/t13-/m1/s1. The molecule has 0 unspecified atom stereocenters. The Morgan fingerprint density at radius 2 is 1.83 bits per heavy atom. The molecule has 122 valence electrons. The van der Waals surface area contributed by atoms with E-state index in [1.807, 2.05) is 57.2 Å². The molecule has 0 saturated heterocycles. The van der Waals surface area contributed by atoms with E-state index >= 15 is 0 Å². The smallest absolute Gasteiger partial charge is 0.238 e. The lowest BCUT2D eigenvalue weighted by Crippen LogP contribution is -2.30. The highest BCUT2D eigenvalue weighted by Crippen LogP contribution is 2.27. The van der Waals surface area contributed by atoms with E-state index in [9.17, 15) is 4.79 Å². The first-order chi connectivity index (χ1) is 10.9. The Labute approximate surface area is 147 Å². The zero-order valence-corrected chi connectivity index (χ0v) is 14.9. The van der Waals surface area contributed by atoms with Crippen molar-refractivity contribution in [2.24, 2.45) is 0 Å². The van der Waals surface area contributed by atoms with Gasteiger partial charge in [-0.25, -0.2) is 0 Å². The van der Waals surface area contributed by atoms with Gasteiger partial charge in [-0.3, -0.25) is 4.79 Å². The van der Waals surface area contributed by atoms with Crippen LogP contribution in [0.1, 0.15) is 29.7 Å². The molecule has 0 saturated carbocycles. The first kappa shape index (κ1) is 17.8. The van der Waals surface area contributed by atoms with E-state index in [0.29, 0.717) is 15.7 Å². The highest BCUT2D eigenvalue weighted by Gasteiger charge is 2.12. The third-order valence-electron chi connectivity index (χ3n) is 3.64. The van der Waals surface area contributed by atoms with Crippen LogP contribution in [0, 0.1) is 13.8 Å². The Hall–Kier alpha value is -1.55. The van der Waals surface area contributed by atoms with Gasteiger partial charge < -0.3 is 10.6 Å². The number of aryl methyl sites for hydroxylation is 2. The maximum absolute atomic E-state index is 12.2. The number of halogens is 2. The van der Waals surface area contributed by atoms with E-state index in [1.54, 1.807) is 0 Å². The summed E-state index contributed by atoms with van der Waals surface area (Å²) in [6, 6.07) is 11.4. The van der Waals surface area contributed by atoms with Gasteiger partial charge in [0, 0.05) is 11.1 Å². The molecule has 0 spiro atoms. The molecule has 2 rings (SSSR count). The fourth-order valence-corrected chi connectivity index (χ4v) is 3.11. The van der Waals surface area contributed by atoms with Gasteiger partial charge >= 0.3 is 0 Å². The summed E-state index contributed by atoms with van der Waals surface area (Å²) in [5.41, 5.74) is 3.64. The maximum Gasteiger partial charge on any atom is 0.238 e. The number of carbonyl (C=O) groups is 1. The molecule has 0 heterocycles. The van der Waals surface area contributed by atoms with Crippen molar-refractivity contribution in [2.75, 3.05) is 11.9 Å². The minimum atomic E-state index is -0.141. The second-order valence-corrected chi connectivity index (χ2v) is 6.43. The molecule has 0 bridgehead atoms. The number of hydrogen-bond acceptors (Lipinski definition) is 2. The zero-order valence-electron chi connectivity index (χ0n) is 13.4. The van der Waals surface area contributed by atoms with E-state index in [-0.39, 0.29) is 18.5 Å². The van der Waals surface area contributed by atoms with Crippen molar-refractivity contribution in [3.8, 4) is 0 Å². The summed E-state index contributed by atoms with van der Waals surface area (Å²) in [5.74, 6) is -0.141. The number of amides is 1. The van der Waals surface area contributed by atoms with Gasteiger partial charge in [0.2, 0.25) is 5.91 Å². The first-order valence-corrected chi connectivity index (χ1v) is 8.18. The van der Waals surface area contributed by atoms with Crippen LogP contribution in [0.3, 0.4) is 0 Å². The van der Waals surface area contributed by atoms with E-state index in [2.05, 4.69) is 10.6 Å². The maximum atomic E-state index is 12.2. The molecule has 0 fully saturated rings. The molecule has 1 atom stereocenters. The van der Waals surface area contributed by atoms with Crippen LogP contribution in [0.5, 0.6) is 0 Å². The Morgan fingerprint density at radius 3 is 2.48 bits per heavy atom. The average Bonchev–Trinajstić information content (AvgIpc) is 2.49. The summed E-state index contributed by atoms with van der Waals surface area (Å²) in [4.78, 5) is 12.2. The summed E-state index contributed by atoms with van der Waals surface area (Å²) in [5, 5.41) is 7.27. The van der Waals surface area contributed by atoms with E-state index in [4.69, 9.17) is 23.2 Å². The Morgan fingerprint density at radius 1 is 1.13 bits per heavy atom. The number of nitrogens with one attached hydrogen (secondary N) is 2. The summed E-state index contributed by atoms with van der Waals surface area (Å²) in [6.45, 7) is 6.04. The van der Waals surface area contributed by atoms with E-state index in [1.165, 1.54) is 0 Å². The summed E-state index contributed by atoms with van der Waals surface area (Å²) in [7, 11) is 0. The summed E-state index contributed by atoms with van der Waals surface area (Å²) in [6.07, 6.45) is 0. The number of hydrogen-bond donors (Lipinski definition) is 2. The minimum absolute atomic E-state index is 0.0240. The van der Waals surface area contributed by atoms with Gasteiger partial charge in [-0.15, -0.1) is 0 Å². The molecule has 0 aromatic heterocycles. The Balaban J connectivity index is 1.97. The predicted octanol–water partition coefficient (Wildman–Crippen LogP) is 4.90. The van der Waals surface area contributed by atoms with Crippen molar-refractivity contribution >= 4 is 34.8 Å². The van der Waals surface area contributed by atoms with Crippen LogP contribution >= 0.6 is 23.2 Å². The fourth-order valence-electron chi connectivity index (χ4n) is 2.44. The van der Waals surface area contributed by atoms with Crippen LogP contribution in [-0.4, -0.2) is 12.5 Å². The number of rotatable bonds is 5. The summed E-state index contributed by atoms with van der Waals surface area (Å²) >= 11 is 12.4. The molecule has 5 heteroatoms. The zero-order chi connectivity index (χ0) is 17.0. The Kier molecular flexibility index (Phi) is 6.05. The van der Waals surface area contributed by atoms with Gasteiger partial charge in [0.25, 0.3) is 0 Å². The lowest BCUT2D eigenvalue weighted by Gasteiger charge is -2.16. The summed E-state index contributed by atoms with van der Waals surface area (Å²) < 4.78 is 0.